The molecular formula is C14H13N3O4S. The Hall–Kier alpha value is -2.74. The van der Waals surface area contributed by atoms with Gasteiger partial charge < -0.3 is 15.8 Å². The molecule has 0 bridgehead atoms. The van der Waals surface area contributed by atoms with Crippen LogP contribution < -0.4 is 11.1 Å². The highest BCUT2D eigenvalue weighted by Gasteiger charge is 2.21. The monoisotopic (exact) mass is 319 g/mol. The molecule has 2 heterocycles. The van der Waals surface area contributed by atoms with Gasteiger partial charge in [-0.1, -0.05) is 6.07 Å². The Labute approximate surface area is 130 Å². The molecule has 0 aliphatic heterocycles. The van der Waals surface area contributed by atoms with Crippen LogP contribution in [-0.2, 0) is 9.53 Å². The smallest absolute Gasteiger partial charge is 0.357 e. The molecule has 0 aliphatic rings. The van der Waals surface area contributed by atoms with Crippen molar-refractivity contribution in [1.29, 1.82) is 0 Å². The lowest BCUT2D eigenvalue weighted by Crippen LogP contribution is -2.30. The summed E-state index contributed by atoms with van der Waals surface area (Å²) in [6.45, 7) is 1.42. The third-order valence-electron chi connectivity index (χ3n) is 2.69. The number of esters is 1. The Bertz CT molecular complexity index is 699. The zero-order valence-electron chi connectivity index (χ0n) is 11.6. The van der Waals surface area contributed by atoms with Crippen LogP contribution >= 0.6 is 11.3 Å². The molecule has 7 nitrogen and oxygen atoms in total. The molecular weight excluding hydrogens is 306 g/mol. The van der Waals surface area contributed by atoms with Crippen molar-refractivity contribution in [2.24, 2.45) is 5.73 Å². The summed E-state index contributed by atoms with van der Waals surface area (Å²) < 4.78 is 5.02. The van der Waals surface area contributed by atoms with E-state index in [9.17, 15) is 14.4 Å². The number of carbonyl (C=O) groups excluding carboxylic acids is 3. The van der Waals surface area contributed by atoms with E-state index in [1.54, 1.807) is 17.5 Å². The predicted molar refractivity (Wildman–Crippen MR) is 80.6 cm³/mol. The number of ether oxygens (including phenoxy) is 1. The van der Waals surface area contributed by atoms with Crippen LogP contribution in [0.3, 0.4) is 0 Å². The summed E-state index contributed by atoms with van der Waals surface area (Å²) >= 11 is 1.15. The number of hydrogen-bond donors (Lipinski definition) is 2. The van der Waals surface area contributed by atoms with Gasteiger partial charge in [0.05, 0.1) is 5.56 Å². The van der Waals surface area contributed by atoms with Crippen molar-refractivity contribution in [3.8, 4) is 0 Å². The van der Waals surface area contributed by atoms with Crippen LogP contribution in [0.2, 0.25) is 0 Å². The molecule has 2 aromatic rings. The van der Waals surface area contributed by atoms with E-state index in [1.165, 1.54) is 25.3 Å². The first-order valence-corrected chi connectivity index (χ1v) is 7.17. The molecule has 1 atom stereocenters. The SMILES string of the molecule is C[C@H](OC(=O)c1ccccn1)C(=O)Nc1sccc1C(N)=O. The number of aromatic nitrogens is 1. The fraction of sp³-hybridized carbons (Fsp3) is 0.143. The largest absolute Gasteiger partial charge is 0.448 e. The molecule has 114 valence electrons. The van der Waals surface area contributed by atoms with Gasteiger partial charge in [-0.2, -0.15) is 0 Å². The lowest BCUT2D eigenvalue weighted by Gasteiger charge is -2.12. The number of carbonyl (C=O) groups is 3. The second-order valence-electron chi connectivity index (χ2n) is 4.28. The topological polar surface area (TPSA) is 111 Å². The molecule has 0 saturated carbocycles. The first kappa shape index (κ1) is 15.6. The molecule has 0 unspecified atom stereocenters. The maximum atomic E-state index is 12.0. The van der Waals surface area contributed by atoms with Gasteiger partial charge in [0.1, 0.15) is 10.7 Å². The standard InChI is InChI=1S/C14H13N3O4S/c1-8(21-14(20)10-4-2-3-6-16-10)12(19)17-13-9(11(15)18)5-7-22-13/h2-8H,1H3,(H2,15,18)(H,17,19)/t8-/m0/s1. The van der Waals surface area contributed by atoms with E-state index in [1.807, 2.05) is 0 Å². The second kappa shape index (κ2) is 6.81. The molecule has 2 rings (SSSR count). The van der Waals surface area contributed by atoms with Gasteiger partial charge in [0.2, 0.25) is 0 Å². The van der Waals surface area contributed by atoms with Gasteiger partial charge in [0, 0.05) is 6.20 Å². The molecule has 22 heavy (non-hydrogen) atoms. The minimum absolute atomic E-state index is 0.107. The summed E-state index contributed by atoms with van der Waals surface area (Å²) in [7, 11) is 0. The second-order valence-corrected chi connectivity index (χ2v) is 5.20. The average molecular weight is 319 g/mol. The summed E-state index contributed by atoms with van der Waals surface area (Å²) in [5.74, 6) is -1.91. The Morgan fingerprint density at radius 2 is 2.09 bits per heavy atom. The molecule has 8 heteroatoms. The molecule has 0 aromatic carbocycles. The molecule has 0 radical (unpaired) electrons. The van der Waals surface area contributed by atoms with Crippen LogP contribution in [0.1, 0.15) is 27.8 Å². The highest BCUT2D eigenvalue weighted by Crippen LogP contribution is 2.23. The molecule has 2 amide bonds. The molecule has 2 aromatic heterocycles. The van der Waals surface area contributed by atoms with Gasteiger partial charge in [0.15, 0.2) is 6.10 Å². The lowest BCUT2D eigenvalue weighted by molar-refractivity contribution is -0.123. The third-order valence-corrected chi connectivity index (χ3v) is 3.52. The number of nitrogens with zero attached hydrogens (tertiary/aromatic N) is 1. The number of primary amides is 1. The fourth-order valence-electron chi connectivity index (χ4n) is 1.57. The number of nitrogens with two attached hydrogens (primary N) is 1. The molecule has 0 spiro atoms. The van der Waals surface area contributed by atoms with Crippen LogP contribution in [0.25, 0.3) is 0 Å². The summed E-state index contributed by atoms with van der Waals surface area (Å²) in [6.07, 6.45) is 0.406. The van der Waals surface area contributed by atoms with E-state index in [0.29, 0.717) is 5.00 Å². The Morgan fingerprint density at radius 3 is 2.73 bits per heavy atom. The highest BCUT2D eigenvalue weighted by atomic mass is 32.1. The predicted octanol–water partition coefficient (Wildman–Crippen LogP) is 1.43. The normalized spacial score (nSPS) is 11.5. The van der Waals surface area contributed by atoms with Crippen molar-refractivity contribution in [2.75, 3.05) is 5.32 Å². The van der Waals surface area contributed by atoms with Crippen LogP contribution in [0, 0.1) is 0 Å². The minimum atomic E-state index is -1.04. The van der Waals surface area contributed by atoms with Crippen molar-refractivity contribution < 1.29 is 19.1 Å². The maximum Gasteiger partial charge on any atom is 0.357 e. The Kier molecular flexibility index (Phi) is 4.84. The number of thiophene rings is 1. The summed E-state index contributed by atoms with van der Waals surface area (Å²) in [5.41, 5.74) is 5.51. The van der Waals surface area contributed by atoms with Crippen LogP contribution in [0.4, 0.5) is 5.00 Å². The van der Waals surface area contributed by atoms with Gasteiger partial charge in [-0.3, -0.25) is 9.59 Å². The maximum absolute atomic E-state index is 12.0. The van der Waals surface area contributed by atoms with Crippen LogP contribution in [0.5, 0.6) is 0 Å². The Morgan fingerprint density at radius 1 is 1.32 bits per heavy atom. The van der Waals surface area contributed by atoms with E-state index in [2.05, 4.69) is 10.3 Å². The van der Waals surface area contributed by atoms with E-state index in [-0.39, 0.29) is 11.3 Å². The minimum Gasteiger partial charge on any atom is -0.448 e. The summed E-state index contributed by atoms with van der Waals surface area (Å²) in [5, 5.41) is 4.45. The zero-order chi connectivity index (χ0) is 16.1. The van der Waals surface area contributed by atoms with Crippen LogP contribution in [0.15, 0.2) is 35.8 Å². The molecule has 0 saturated heterocycles. The molecule has 3 N–H and O–H groups in total. The third kappa shape index (κ3) is 3.67. The lowest BCUT2D eigenvalue weighted by atomic mass is 10.3. The van der Waals surface area contributed by atoms with Gasteiger partial charge in [-0.05, 0) is 30.5 Å². The summed E-state index contributed by atoms with van der Waals surface area (Å²) in [6, 6.07) is 6.29. The first-order chi connectivity index (χ1) is 10.5. The van der Waals surface area contributed by atoms with Gasteiger partial charge in [0.25, 0.3) is 11.8 Å². The van der Waals surface area contributed by atoms with E-state index < -0.39 is 23.9 Å². The van der Waals surface area contributed by atoms with Crippen molar-refractivity contribution in [3.05, 3.63) is 47.1 Å². The van der Waals surface area contributed by atoms with E-state index >= 15 is 0 Å². The Balaban J connectivity index is 1.99. The number of anilines is 1. The van der Waals surface area contributed by atoms with E-state index in [4.69, 9.17) is 10.5 Å². The van der Waals surface area contributed by atoms with Gasteiger partial charge in [-0.25, -0.2) is 9.78 Å². The zero-order valence-corrected chi connectivity index (χ0v) is 12.4. The highest BCUT2D eigenvalue weighted by molar-refractivity contribution is 7.14. The van der Waals surface area contributed by atoms with Gasteiger partial charge in [-0.15, -0.1) is 11.3 Å². The van der Waals surface area contributed by atoms with Crippen molar-refractivity contribution in [2.45, 2.75) is 13.0 Å². The van der Waals surface area contributed by atoms with E-state index in [0.717, 1.165) is 11.3 Å². The summed E-state index contributed by atoms with van der Waals surface area (Å²) in [4.78, 5) is 38.8. The number of pyridine rings is 1. The molecule has 0 fully saturated rings. The van der Waals surface area contributed by atoms with Crippen LogP contribution in [-0.4, -0.2) is 28.9 Å². The molecule has 0 aliphatic carbocycles. The quantitative estimate of drug-likeness (QED) is 0.810. The number of nitrogens with one attached hydrogen (secondary N) is 1. The number of rotatable bonds is 5. The van der Waals surface area contributed by atoms with Crippen molar-refractivity contribution in [1.82, 2.24) is 4.98 Å². The fourth-order valence-corrected chi connectivity index (χ4v) is 2.37. The van der Waals surface area contributed by atoms with Crippen molar-refractivity contribution >= 4 is 34.1 Å². The number of amides is 2. The van der Waals surface area contributed by atoms with Gasteiger partial charge >= 0.3 is 5.97 Å². The van der Waals surface area contributed by atoms with Crippen molar-refractivity contribution in [3.63, 3.8) is 0 Å². The number of hydrogen-bond acceptors (Lipinski definition) is 6. The first-order valence-electron chi connectivity index (χ1n) is 6.29. The average Bonchev–Trinajstić information content (AvgIpc) is 2.96.